The summed E-state index contributed by atoms with van der Waals surface area (Å²) in [5, 5.41) is 10.2. The van der Waals surface area contributed by atoms with Crippen molar-refractivity contribution >= 4 is 11.8 Å². The van der Waals surface area contributed by atoms with Crippen LogP contribution >= 0.6 is 0 Å². The molecule has 6 heterocycles. The largest absolute Gasteiger partial charge is 0.393 e. The fraction of sp³-hybridized carbons (Fsp3) is 0.487. The van der Waals surface area contributed by atoms with Gasteiger partial charge in [0.2, 0.25) is 11.8 Å². The number of hydrogen-bond acceptors (Lipinski definition) is 7. The zero-order valence-electron chi connectivity index (χ0n) is 28.7. The maximum absolute atomic E-state index is 14.4. The van der Waals surface area contributed by atoms with E-state index in [1.807, 2.05) is 70.7 Å². The van der Waals surface area contributed by atoms with Crippen molar-refractivity contribution < 1.29 is 14.7 Å². The molecule has 4 fully saturated rings. The van der Waals surface area contributed by atoms with E-state index in [-0.39, 0.29) is 36.0 Å². The summed E-state index contributed by atoms with van der Waals surface area (Å²) in [5.74, 6) is 1.82. The molecule has 4 saturated heterocycles. The molecule has 11 heteroatoms. The number of benzene rings is 2. The molecule has 2 amide bonds. The highest BCUT2D eigenvalue weighted by Gasteiger charge is 2.41. The number of imidazole rings is 2. The van der Waals surface area contributed by atoms with E-state index in [0.717, 1.165) is 92.3 Å². The Bertz CT molecular complexity index is 1740. The van der Waals surface area contributed by atoms with Gasteiger partial charge in [-0.05, 0) is 75.6 Å². The normalized spacial score (nSPS) is 23.5. The minimum Gasteiger partial charge on any atom is -0.393 e. The van der Waals surface area contributed by atoms with Crippen LogP contribution in [0.2, 0.25) is 0 Å². The zero-order chi connectivity index (χ0) is 34.0. The summed E-state index contributed by atoms with van der Waals surface area (Å²) in [7, 11) is 0. The van der Waals surface area contributed by atoms with E-state index in [0.29, 0.717) is 32.5 Å². The van der Waals surface area contributed by atoms with Crippen molar-refractivity contribution in [1.82, 2.24) is 39.5 Å². The van der Waals surface area contributed by atoms with E-state index in [1.54, 1.807) is 0 Å². The smallest absolute Gasteiger partial charge is 0.245 e. The Hall–Kier alpha value is -4.32. The highest BCUT2D eigenvalue weighted by Crippen LogP contribution is 2.38. The molecule has 262 valence electrons. The number of carbonyl (C=O) groups excluding carboxylic acids is 2. The minimum absolute atomic E-state index is 0.0885. The molecule has 4 aliphatic rings. The Morgan fingerprint density at radius 2 is 1.04 bits per heavy atom. The monoisotopic (exact) mass is 676 g/mol. The van der Waals surface area contributed by atoms with Crippen molar-refractivity contribution in [1.29, 1.82) is 0 Å². The van der Waals surface area contributed by atoms with Crippen LogP contribution in [0.4, 0.5) is 0 Å². The van der Waals surface area contributed by atoms with Crippen molar-refractivity contribution in [3.05, 3.63) is 95.8 Å². The predicted octanol–water partition coefficient (Wildman–Crippen LogP) is 5.16. The number of aromatic nitrogens is 4. The van der Waals surface area contributed by atoms with Gasteiger partial charge in [-0.1, -0.05) is 60.7 Å². The molecule has 0 bridgehead atoms. The highest BCUT2D eigenvalue weighted by atomic mass is 16.3. The summed E-state index contributed by atoms with van der Waals surface area (Å²) in [6.07, 6.45) is 10.5. The Morgan fingerprint density at radius 1 is 0.600 bits per heavy atom. The molecule has 0 saturated carbocycles. The molecule has 1 unspecified atom stereocenters. The van der Waals surface area contributed by atoms with Gasteiger partial charge in [0.05, 0.1) is 42.0 Å². The molecule has 4 aliphatic heterocycles. The number of rotatable bonds is 9. The van der Waals surface area contributed by atoms with Crippen LogP contribution in [0.5, 0.6) is 0 Å². The number of carbonyl (C=O) groups is 2. The van der Waals surface area contributed by atoms with Crippen molar-refractivity contribution in [2.24, 2.45) is 0 Å². The molecule has 50 heavy (non-hydrogen) atoms. The maximum atomic E-state index is 14.4. The number of H-pyrrole nitrogens is 2. The number of likely N-dealkylation sites (tertiary alicyclic amines) is 4. The lowest BCUT2D eigenvalue weighted by Gasteiger charge is -2.38. The topological polar surface area (TPSA) is 125 Å². The first-order valence-electron chi connectivity index (χ1n) is 18.5. The first-order chi connectivity index (χ1) is 24.5. The first kappa shape index (κ1) is 32.9. The predicted molar refractivity (Wildman–Crippen MR) is 190 cm³/mol. The fourth-order valence-electron chi connectivity index (χ4n) is 8.66. The van der Waals surface area contributed by atoms with Gasteiger partial charge in [0.25, 0.3) is 0 Å². The van der Waals surface area contributed by atoms with Crippen LogP contribution in [0.3, 0.4) is 0 Å². The Labute approximate surface area is 293 Å². The molecule has 0 spiro atoms. The van der Waals surface area contributed by atoms with Gasteiger partial charge in [-0.25, -0.2) is 9.97 Å². The third kappa shape index (κ3) is 6.50. The standard InChI is InChI=1S/C39H48N8O3/c48-29-17-23-45(24-18-29)35(28-13-5-2-6-14-28)39(50)47-22-10-16-33(47)37-41-26-31(43-37)30-25-40-36(42-30)32-15-9-21-46(32)38(49)34(44-19-7-8-20-44)27-11-3-1-4-12-27/h1-6,11-14,25-26,29,32-35,48H,7-10,15-24H2,(H,40,42)(H,41,43)/t32-,33-,34+,35?/m0/s1. The van der Waals surface area contributed by atoms with Crippen LogP contribution in [-0.2, 0) is 9.59 Å². The summed E-state index contributed by atoms with van der Waals surface area (Å²) in [6, 6.07) is 19.3. The Kier molecular flexibility index (Phi) is 9.53. The van der Waals surface area contributed by atoms with Crippen LogP contribution in [0, 0.1) is 0 Å². The van der Waals surface area contributed by atoms with E-state index in [9.17, 15) is 14.7 Å². The van der Waals surface area contributed by atoms with E-state index in [2.05, 4.69) is 31.9 Å². The quantitative estimate of drug-likeness (QED) is 0.224. The van der Waals surface area contributed by atoms with Crippen molar-refractivity contribution in [2.75, 3.05) is 39.3 Å². The van der Waals surface area contributed by atoms with Gasteiger partial charge in [-0.2, -0.15) is 0 Å². The average Bonchev–Trinajstić information content (AvgIpc) is 4.00. The zero-order valence-corrected chi connectivity index (χ0v) is 28.7. The van der Waals surface area contributed by atoms with E-state index >= 15 is 0 Å². The molecular weight excluding hydrogens is 628 g/mol. The van der Waals surface area contributed by atoms with Crippen LogP contribution < -0.4 is 0 Å². The van der Waals surface area contributed by atoms with Crippen LogP contribution in [0.25, 0.3) is 11.4 Å². The molecule has 4 aromatic rings. The number of nitrogens with one attached hydrogen (secondary N) is 2. The maximum Gasteiger partial charge on any atom is 0.245 e. The molecule has 0 radical (unpaired) electrons. The third-order valence-corrected chi connectivity index (χ3v) is 11.3. The number of aromatic amines is 2. The van der Waals surface area contributed by atoms with Gasteiger partial charge in [0.1, 0.15) is 23.7 Å². The van der Waals surface area contributed by atoms with E-state index in [1.165, 1.54) is 0 Å². The summed E-state index contributed by atoms with van der Waals surface area (Å²) < 4.78 is 0. The molecule has 3 N–H and O–H groups in total. The van der Waals surface area contributed by atoms with Gasteiger partial charge in [-0.15, -0.1) is 0 Å². The molecule has 8 rings (SSSR count). The lowest BCUT2D eigenvalue weighted by molar-refractivity contribution is -0.139. The number of nitrogens with zero attached hydrogens (tertiary/aromatic N) is 6. The molecule has 11 nitrogen and oxygen atoms in total. The van der Waals surface area contributed by atoms with Crippen molar-refractivity contribution in [2.45, 2.75) is 81.6 Å². The first-order valence-corrected chi connectivity index (χ1v) is 18.5. The molecule has 2 aromatic heterocycles. The lowest BCUT2D eigenvalue weighted by Crippen LogP contribution is -2.46. The van der Waals surface area contributed by atoms with Crippen LogP contribution in [0.1, 0.15) is 98.3 Å². The molecule has 2 aromatic carbocycles. The Morgan fingerprint density at radius 3 is 1.50 bits per heavy atom. The van der Waals surface area contributed by atoms with E-state index < -0.39 is 6.04 Å². The second kappa shape index (κ2) is 14.5. The number of aliphatic hydroxyl groups excluding tert-OH is 1. The summed E-state index contributed by atoms with van der Waals surface area (Å²) in [6.45, 7) is 4.66. The SMILES string of the molecule is O=C(C(c1ccccc1)N1CCC(O)CC1)N1CCC[C@H]1c1ncc(-c2cnc([C@@H]3CCCN3C(=O)[C@@H](c3ccccc3)N3CCCC3)[nH]2)[nH]1. The third-order valence-electron chi connectivity index (χ3n) is 11.3. The summed E-state index contributed by atoms with van der Waals surface area (Å²) >= 11 is 0. The number of hydrogen-bond donors (Lipinski definition) is 3. The van der Waals surface area contributed by atoms with Gasteiger partial charge in [-0.3, -0.25) is 19.4 Å². The van der Waals surface area contributed by atoms with Crippen molar-refractivity contribution in [3.8, 4) is 11.4 Å². The molecule has 4 atom stereocenters. The second-order valence-corrected chi connectivity index (χ2v) is 14.4. The Balaban J connectivity index is 0.997. The summed E-state index contributed by atoms with van der Waals surface area (Å²) in [4.78, 5) is 53.9. The van der Waals surface area contributed by atoms with Crippen LogP contribution in [0.15, 0.2) is 73.1 Å². The van der Waals surface area contributed by atoms with Gasteiger partial charge < -0.3 is 24.9 Å². The van der Waals surface area contributed by atoms with Gasteiger partial charge in [0.15, 0.2) is 0 Å². The fourth-order valence-corrected chi connectivity index (χ4v) is 8.66. The lowest BCUT2D eigenvalue weighted by atomic mass is 9.99. The molecular formula is C39H48N8O3. The van der Waals surface area contributed by atoms with Gasteiger partial charge >= 0.3 is 0 Å². The average molecular weight is 677 g/mol. The number of amides is 2. The van der Waals surface area contributed by atoms with Gasteiger partial charge in [0, 0.05) is 26.2 Å². The highest BCUT2D eigenvalue weighted by molar-refractivity contribution is 5.84. The van der Waals surface area contributed by atoms with Crippen LogP contribution in [-0.4, -0.2) is 102 Å². The van der Waals surface area contributed by atoms with Crippen molar-refractivity contribution in [3.63, 3.8) is 0 Å². The number of aliphatic hydroxyl groups is 1. The minimum atomic E-state index is -0.391. The van der Waals surface area contributed by atoms with E-state index in [4.69, 9.17) is 9.97 Å². The molecule has 0 aliphatic carbocycles. The number of piperidine rings is 1. The second-order valence-electron chi connectivity index (χ2n) is 14.4. The summed E-state index contributed by atoms with van der Waals surface area (Å²) in [5.41, 5.74) is 3.68.